The van der Waals surface area contributed by atoms with Crippen molar-refractivity contribution >= 4 is 29.9 Å². The van der Waals surface area contributed by atoms with Crippen molar-refractivity contribution in [2.45, 2.75) is 25.0 Å². The largest absolute Gasteiger partial charge is 0.371 e. The monoisotopic (exact) mass is 241 g/mol. The molecular weight excluding hydrogens is 226 g/mol. The molecule has 1 nitrogen and oxygen atoms in total. The summed E-state index contributed by atoms with van der Waals surface area (Å²) in [6.45, 7) is 4.27. The van der Waals surface area contributed by atoms with Crippen LogP contribution < -0.4 is 4.90 Å². The SMILES string of the molecule is Cc1cc(Cl)cc(N2CCC(S)CC2)c1. The Morgan fingerprint density at radius 1 is 1.27 bits per heavy atom. The Hall–Kier alpha value is -0.340. The number of halogens is 1. The quantitative estimate of drug-likeness (QED) is 0.736. The number of benzene rings is 1. The molecule has 1 saturated heterocycles. The van der Waals surface area contributed by atoms with E-state index in [1.54, 1.807) is 0 Å². The van der Waals surface area contributed by atoms with Gasteiger partial charge in [-0.05, 0) is 43.5 Å². The third-order valence-electron chi connectivity index (χ3n) is 2.86. The summed E-state index contributed by atoms with van der Waals surface area (Å²) in [4.78, 5) is 2.39. The zero-order valence-electron chi connectivity index (χ0n) is 8.91. The molecule has 1 heterocycles. The number of rotatable bonds is 1. The van der Waals surface area contributed by atoms with E-state index in [-0.39, 0.29) is 0 Å². The Morgan fingerprint density at radius 3 is 2.53 bits per heavy atom. The summed E-state index contributed by atoms with van der Waals surface area (Å²) >= 11 is 10.6. The molecule has 1 aliphatic heterocycles. The zero-order valence-corrected chi connectivity index (χ0v) is 10.6. The Morgan fingerprint density at radius 2 is 1.93 bits per heavy atom. The van der Waals surface area contributed by atoms with E-state index in [9.17, 15) is 0 Å². The maximum absolute atomic E-state index is 6.06. The van der Waals surface area contributed by atoms with E-state index in [0.29, 0.717) is 5.25 Å². The molecule has 0 unspecified atom stereocenters. The molecule has 15 heavy (non-hydrogen) atoms. The van der Waals surface area contributed by atoms with Crippen molar-refractivity contribution in [3.63, 3.8) is 0 Å². The Balaban J connectivity index is 2.15. The fourth-order valence-electron chi connectivity index (χ4n) is 2.02. The van der Waals surface area contributed by atoms with Gasteiger partial charge in [-0.3, -0.25) is 0 Å². The molecule has 1 aromatic carbocycles. The van der Waals surface area contributed by atoms with Crippen LogP contribution in [0.2, 0.25) is 5.02 Å². The average Bonchev–Trinajstić information content (AvgIpc) is 2.17. The summed E-state index contributed by atoms with van der Waals surface area (Å²) in [5, 5.41) is 1.40. The number of hydrogen-bond donors (Lipinski definition) is 1. The summed E-state index contributed by atoms with van der Waals surface area (Å²) in [7, 11) is 0. The highest BCUT2D eigenvalue weighted by molar-refractivity contribution is 7.80. The van der Waals surface area contributed by atoms with Crippen LogP contribution in [-0.4, -0.2) is 18.3 Å². The van der Waals surface area contributed by atoms with Crippen molar-refractivity contribution in [1.82, 2.24) is 0 Å². The number of hydrogen-bond acceptors (Lipinski definition) is 2. The fourth-order valence-corrected chi connectivity index (χ4v) is 2.54. The molecule has 3 heteroatoms. The van der Waals surface area contributed by atoms with Gasteiger partial charge in [0.25, 0.3) is 0 Å². The molecule has 82 valence electrons. The van der Waals surface area contributed by atoms with Gasteiger partial charge in [0, 0.05) is 29.0 Å². The second-order valence-electron chi connectivity index (χ2n) is 4.21. The van der Waals surface area contributed by atoms with Gasteiger partial charge in [-0.2, -0.15) is 12.6 Å². The maximum atomic E-state index is 6.06. The molecule has 0 bridgehead atoms. The third-order valence-corrected chi connectivity index (χ3v) is 3.59. The number of thiol groups is 1. The molecule has 0 radical (unpaired) electrons. The van der Waals surface area contributed by atoms with E-state index < -0.39 is 0 Å². The predicted molar refractivity (Wildman–Crippen MR) is 70.4 cm³/mol. The van der Waals surface area contributed by atoms with Crippen molar-refractivity contribution in [2.75, 3.05) is 18.0 Å². The van der Waals surface area contributed by atoms with Crippen molar-refractivity contribution in [3.8, 4) is 0 Å². The number of aryl methyl sites for hydroxylation is 1. The van der Waals surface area contributed by atoms with Crippen molar-refractivity contribution in [3.05, 3.63) is 28.8 Å². The first-order valence-electron chi connectivity index (χ1n) is 5.35. The molecule has 0 aromatic heterocycles. The lowest BCUT2D eigenvalue weighted by molar-refractivity contribution is 0.593. The third kappa shape index (κ3) is 2.82. The molecule has 1 aromatic rings. The minimum Gasteiger partial charge on any atom is -0.371 e. The van der Waals surface area contributed by atoms with Crippen LogP contribution in [-0.2, 0) is 0 Å². The van der Waals surface area contributed by atoms with Crippen LogP contribution in [0.3, 0.4) is 0 Å². The molecule has 0 atom stereocenters. The van der Waals surface area contributed by atoms with Crippen LogP contribution >= 0.6 is 24.2 Å². The van der Waals surface area contributed by atoms with Gasteiger partial charge in [0.15, 0.2) is 0 Å². The highest BCUT2D eigenvalue weighted by atomic mass is 35.5. The molecule has 1 aliphatic rings. The Kier molecular flexibility index (Phi) is 3.47. The van der Waals surface area contributed by atoms with Gasteiger partial charge in [0.1, 0.15) is 0 Å². The normalized spacial score (nSPS) is 18.2. The van der Waals surface area contributed by atoms with Crippen molar-refractivity contribution in [1.29, 1.82) is 0 Å². The first kappa shape index (κ1) is 11.2. The summed E-state index contributed by atoms with van der Waals surface area (Å²) in [5.74, 6) is 0. The molecule has 0 amide bonds. The lowest BCUT2D eigenvalue weighted by Gasteiger charge is -2.32. The summed E-state index contributed by atoms with van der Waals surface area (Å²) in [6.07, 6.45) is 2.32. The van der Waals surface area contributed by atoms with Crippen LogP contribution in [0.4, 0.5) is 5.69 Å². The van der Waals surface area contributed by atoms with Gasteiger partial charge >= 0.3 is 0 Å². The van der Waals surface area contributed by atoms with Gasteiger partial charge in [0.05, 0.1) is 0 Å². The molecular formula is C12H16ClNS. The number of piperidine rings is 1. The predicted octanol–water partition coefficient (Wildman–Crippen LogP) is 3.55. The van der Waals surface area contributed by atoms with E-state index in [1.165, 1.54) is 11.3 Å². The van der Waals surface area contributed by atoms with Gasteiger partial charge in [-0.25, -0.2) is 0 Å². The molecule has 0 spiro atoms. The first-order chi connectivity index (χ1) is 7.15. The topological polar surface area (TPSA) is 3.24 Å². The molecule has 1 fully saturated rings. The van der Waals surface area contributed by atoms with Gasteiger partial charge in [-0.1, -0.05) is 11.6 Å². The van der Waals surface area contributed by atoms with E-state index in [4.69, 9.17) is 11.6 Å². The van der Waals surface area contributed by atoms with Crippen molar-refractivity contribution in [2.24, 2.45) is 0 Å². The van der Waals surface area contributed by atoms with Crippen LogP contribution in [0, 0.1) is 6.92 Å². The minimum atomic E-state index is 0.571. The van der Waals surface area contributed by atoms with Gasteiger partial charge in [-0.15, -0.1) is 0 Å². The van der Waals surface area contributed by atoms with Gasteiger partial charge < -0.3 is 4.90 Å². The number of anilines is 1. The second-order valence-corrected chi connectivity index (χ2v) is 5.37. The average molecular weight is 242 g/mol. The summed E-state index contributed by atoms with van der Waals surface area (Å²) in [5.41, 5.74) is 2.48. The molecule has 0 N–H and O–H groups in total. The minimum absolute atomic E-state index is 0.571. The lowest BCUT2D eigenvalue weighted by Crippen LogP contribution is -2.34. The van der Waals surface area contributed by atoms with E-state index >= 15 is 0 Å². The standard InChI is InChI=1S/C12H16ClNS/c1-9-6-10(13)8-11(7-9)14-4-2-12(15)3-5-14/h6-8,12,15H,2-5H2,1H3. The zero-order chi connectivity index (χ0) is 10.8. The van der Waals surface area contributed by atoms with Crippen LogP contribution in [0.5, 0.6) is 0 Å². The summed E-state index contributed by atoms with van der Waals surface area (Å²) < 4.78 is 0. The van der Waals surface area contributed by atoms with Gasteiger partial charge in [0.2, 0.25) is 0 Å². The molecule has 2 rings (SSSR count). The van der Waals surface area contributed by atoms with Crippen LogP contribution in [0.15, 0.2) is 18.2 Å². The highest BCUT2D eigenvalue weighted by Gasteiger charge is 2.16. The Bertz CT molecular complexity index is 325. The van der Waals surface area contributed by atoms with E-state index in [0.717, 1.165) is 31.0 Å². The molecule has 0 aliphatic carbocycles. The molecule has 0 saturated carbocycles. The lowest BCUT2D eigenvalue weighted by atomic mass is 10.1. The fraction of sp³-hybridized carbons (Fsp3) is 0.500. The van der Waals surface area contributed by atoms with E-state index in [1.807, 2.05) is 12.1 Å². The highest BCUT2D eigenvalue weighted by Crippen LogP contribution is 2.26. The summed E-state index contributed by atoms with van der Waals surface area (Å²) in [6, 6.07) is 6.24. The maximum Gasteiger partial charge on any atom is 0.0429 e. The first-order valence-corrected chi connectivity index (χ1v) is 6.25. The van der Waals surface area contributed by atoms with Crippen LogP contribution in [0.1, 0.15) is 18.4 Å². The number of nitrogens with zero attached hydrogens (tertiary/aromatic N) is 1. The van der Waals surface area contributed by atoms with Crippen LogP contribution in [0.25, 0.3) is 0 Å². The van der Waals surface area contributed by atoms with Crippen molar-refractivity contribution < 1.29 is 0 Å². The Labute approximate surface area is 102 Å². The van der Waals surface area contributed by atoms with E-state index in [2.05, 4.69) is 30.5 Å². The second kappa shape index (κ2) is 4.67. The smallest absolute Gasteiger partial charge is 0.0429 e.